The maximum atomic E-state index is 10.9. The smallest absolute Gasteiger partial charge is 0.323 e. The molecule has 0 aliphatic heterocycles. The van der Waals surface area contributed by atoms with Crippen LogP contribution in [0.5, 0.6) is 0 Å². The van der Waals surface area contributed by atoms with Crippen LogP contribution in [-0.4, -0.2) is 21.9 Å². The summed E-state index contributed by atoms with van der Waals surface area (Å²) < 4.78 is 0. The first-order chi connectivity index (χ1) is 8.22. The molecule has 0 saturated heterocycles. The quantitative estimate of drug-likeness (QED) is 0.815. The van der Waals surface area contributed by atoms with E-state index in [1.54, 1.807) is 18.2 Å². The average molecular weight is 308 g/mol. The summed E-state index contributed by atoms with van der Waals surface area (Å²) in [5.74, 6) is -1.01. The van der Waals surface area contributed by atoms with Crippen molar-refractivity contribution < 1.29 is 9.90 Å². The van der Waals surface area contributed by atoms with Gasteiger partial charge in [-0.15, -0.1) is 11.8 Å². The first-order valence-corrected chi connectivity index (χ1v) is 7.00. The van der Waals surface area contributed by atoms with E-state index in [0.717, 1.165) is 4.90 Å². The molecule has 0 aliphatic rings. The summed E-state index contributed by atoms with van der Waals surface area (Å²) in [6, 6.07) is 5.19. The van der Waals surface area contributed by atoms with Crippen molar-refractivity contribution in [2.24, 2.45) is 5.73 Å². The van der Waals surface area contributed by atoms with Gasteiger partial charge in [-0.2, -0.15) is 0 Å². The van der Waals surface area contributed by atoms with Gasteiger partial charge in [0.15, 0.2) is 0 Å². The van der Waals surface area contributed by atoms with Crippen molar-refractivity contribution in [1.82, 2.24) is 0 Å². The van der Waals surface area contributed by atoms with Gasteiger partial charge in [-0.25, -0.2) is 0 Å². The van der Waals surface area contributed by atoms with E-state index in [2.05, 4.69) is 0 Å². The molecule has 0 aromatic heterocycles. The van der Waals surface area contributed by atoms with Crippen LogP contribution in [0, 0.1) is 0 Å². The molecular weight excluding hydrogens is 293 g/mol. The number of hydrogen-bond acceptors (Lipinski definition) is 3. The van der Waals surface area contributed by atoms with E-state index in [1.165, 1.54) is 18.7 Å². The minimum atomic E-state index is -1.24. The van der Waals surface area contributed by atoms with Crippen molar-refractivity contribution in [1.29, 1.82) is 0 Å². The van der Waals surface area contributed by atoms with E-state index < -0.39 is 11.5 Å². The predicted molar refractivity (Wildman–Crippen MR) is 76.6 cm³/mol. The summed E-state index contributed by atoms with van der Waals surface area (Å²) in [6.07, 6.45) is 0.343. The third-order valence-electron chi connectivity index (χ3n) is 2.42. The number of halogens is 2. The average Bonchev–Trinajstić information content (AvgIpc) is 2.22. The zero-order chi connectivity index (χ0) is 13.9. The van der Waals surface area contributed by atoms with Gasteiger partial charge in [-0.1, -0.05) is 30.1 Å². The van der Waals surface area contributed by atoms with E-state index in [9.17, 15) is 4.79 Å². The number of hydrogen-bond donors (Lipinski definition) is 2. The Hall–Kier alpha value is -0.420. The van der Waals surface area contributed by atoms with Gasteiger partial charge in [0, 0.05) is 15.2 Å². The third-order valence-corrected chi connectivity index (χ3v) is 4.26. The fourth-order valence-corrected chi connectivity index (χ4v) is 3.24. The van der Waals surface area contributed by atoms with E-state index in [1.807, 2.05) is 6.92 Å². The van der Waals surface area contributed by atoms with Crippen LogP contribution in [0.3, 0.4) is 0 Å². The molecule has 6 heteroatoms. The van der Waals surface area contributed by atoms with Crippen molar-refractivity contribution in [3.63, 3.8) is 0 Å². The molecule has 0 heterocycles. The van der Waals surface area contributed by atoms with E-state index in [4.69, 9.17) is 34.0 Å². The Morgan fingerprint density at radius 2 is 2.17 bits per heavy atom. The SMILES string of the molecule is CC(CC(C)(N)C(=O)O)Sc1cc(Cl)ccc1Cl. The summed E-state index contributed by atoms with van der Waals surface area (Å²) in [7, 11) is 0. The first kappa shape index (κ1) is 15.6. The highest BCUT2D eigenvalue weighted by atomic mass is 35.5. The largest absolute Gasteiger partial charge is 0.480 e. The summed E-state index contributed by atoms with van der Waals surface area (Å²) in [5.41, 5.74) is 4.47. The first-order valence-electron chi connectivity index (χ1n) is 5.36. The maximum absolute atomic E-state index is 10.9. The summed E-state index contributed by atoms with van der Waals surface area (Å²) in [6.45, 7) is 3.42. The van der Waals surface area contributed by atoms with Gasteiger partial charge in [-0.3, -0.25) is 4.79 Å². The molecule has 0 aliphatic carbocycles. The molecule has 3 N–H and O–H groups in total. The number of aliphatic carboxylic acids is 1. The van der Waals surface area contributed by atoms with Crippen LogP contribution in [0.15, 0.2) is 23.1 Å². The lowest BCUT2D eigenvalue weighted by Gasteiger charge is -2.23. The normalized spacial score (nSPS) is 16.1. The molecule has 0 fully saturated rings. The zero-order valence-electron chi connectivity index (χ0n) is 10.1. The molecule has 0 bridgehead atoms. The van der Waals surface area contributed by atoms with Crippen LogP contribution in [0.4, 0.5) is 0 Å². The van der Waals surface area contributed by atoms with Crippen molar-refractivity contribution in [3.8, 4) is 0 Å². The van der Waals surface area contributed by atoms with Crippen LogP contribution < -0.4 is 5.73 Å². The Bertz CT molecular complexity index is 452. The molecule has 100 valence electrons. The topological polar surface area (TPSA) is 63.3 Å². The van der Waals surface area contributed by atoms with Gasteiger partial charge in [0.2, 0.25) is 0 Å². The molecule has 2 unspecified atom stereocenters. The van der Waals surface area contributed by atoms with Gasteiger partial charge in [0.1, 0.15) is 5.54 Å². The van der Waals surface area contributed by atoms with E-state index in [0.29, 0.717) is 16.5 Å². The van der Waals surface area contributed by atoms with Gasteiger partial charge >= 0.3 is 5.97 Å². The van der Waals surface area contributed by atoms with Crippen LogP contribution in [0.1, 0.15) is 20.3 Å². The van der Waals surface area contributed by atoms with Crippen LogP contribution >= 0.6 is 35.0 Å². The van der Waals surface area contributed by atoms with E-state index in [-0.39, 0.29) is 5.25 Å². The molecule has 3 nitrogen and oxygen atoms in total. The second-order valence-corrected chi connectivity index (χ2v) is 6.75. The molecule has 0 spiro atoms. The molecule has 0 amide bonds. The standard InChI is InChI=1S/C12H15Cl2NO2S/c1-7(6-12(2,15)11(16)17)18-10-5-8(13)3-4-9(10)14/h3-5,7H,6,15H2,1-2H3,(H,16,17). The molecule has 1 aromatic rings. The van der Waals surface area contributed by atoms with Crippen molar-refractivity contribution in [2.45, 2.75) is 36.0 Å². The lowest BCUT2D eigenvalue weighted by Crippen LogP contribution is -2.46. The Morgan fingerprint density at radius 1 is 1.56 bits per heavy atom. The summed E-state index contributed by atoms with van der Waals surface area (Å²) >= 11 is 13.4. The highest BCUT2D eigenvalue weighted by Gasteiger charge is 2.30. The molecule has 18 heavy (non-hydrogen) atoms. The summed E-state index contributed by atoms with van der Waals surface area (Å²) in [5, 5.41) is 10.2. The molecule has 0 radical (unpaired) electrons. The van der Waals surface area contributed by atoms with Crippen molar-refractivity contribution in [2.75, 3.05) is 0 Å². The lowest BCUT2D eigenvalue weighted by atomic mass is 9.98. The molecule has 1 aromatic carbocycles. The van der Waals surface area contributed by atoms with Crippen molar-refractivity contribution >= 4 is 40.9 Å². The second-order valence-electron chi connectivity index (χ2n) is 4.43. The minimum absolute atomic E-state index is 0.0204. The minimum Gasteiger partial charge on any atom is -0.480 e. The van der Waals surface area contributed by atoms with E-state index >= 15 is 0 Å². The zero-order valence-corrected chi connectivity index (χ0v) is 12.4. The molecule has 2 atom stereocenters. The summed E-state index contributed by atoms with van der Waals surface area (Å²) in [4.78, 5) is 11.8. The third kappa shape index (κ3) is 4.35. The van der Waals surface area contributed by atoms with Crippen LogP contribution in [0.25, 0.3) is 0 Å². The monoisotopic (exact) mass is 307 g/mol. The molecular formula is C12H15Cl2NO2S. The van der Waals surface area contributed by atoms with Crippen molar-refractivity contribution in [3.05, 3.63) is 28.2 Å². The Balaban J connectivity index is 2.73. The maximum Gasteiger partial charge on any atom is 0.323 e. The number of carbonyl (C=O) groups is 1. The van der Waals surface area contributed by atoms with Gasteiger partial charge < -0.3 is 10.8 Å². The highest BCUT2D eigenvalue weighted by molar-refractivity contribution is 8.00. The highest BCUT2D eigenvalue weighted by Crippen LogP contribution is 2.34. The molecule has 0 saturated carbocycles. The number of nitrogens with two attached hydrogens (primary N) is 1. The Labute approximate surface area is 121 Å². The number of carboxylic acids is 1. The Kier molecular flexibility index (Phi) is 5.34. The number of rotatable bonds is 5. The number of thioether (sulfide) groups is 1. The van der Waals surface area contributed by atoms with Gasteiger partial charge in [0.25, 0.3) is 0 Å². The van der Waals surface area contributed by atoms with Gasteiger partial charge in [-0.05, 0) is 31.5 Å². The van der Waals surface area contributed by atoms with Gasteiger partial charge in [0.05, 0.1) is 5.02 Å². The molecule has 1 rings (SSSR count). The predicted octanol–water partition coefficient (Wildman–Crippen LogP) is 3.67. The Morgan fingerprint density at radius 3 is 2.72 bits per heavy atom. The van der Waals surface area contributed by atoms with Crippen LogP contribution in [-0.2, 0) is 4.79 Å². The fourth-order valence-electron chi connectivity index (χ4n) is 1.51. The van der Waals surface area contributed by atoms with Crippen LogP contribution in [0.2, 0.25) is 10.0 Å². The lowest BCUT2D eigenvalue weighted by molar-refractivity contribution is -0.142. The second kappa shape index (κ2) is 6.15. The number of carboxylic acid groups (broad SMARTS) is 1. The number of benzene rings is 1. The fraction of sp³-hybridized carbons (Fsp3) is 0.417.